The van der Waals surface area contributed by atoms with Crippen molar-refractivity contribution in [1.82, 2.24) is 25.4 Å². The number of benzene rings is 2. The summed E-state index contributed by atoms with van der Waals surface area (Å²) in [5.41, 5.74) is 2.55. The van der Waals surface area contributed by atoms with Crippen LogP contribution in [0.5, 0.6) is 5.75 Å². The van der Waals surface area contributed by atoms with Gasteiger partial charge in [0.05, 0.1) is 10.6 Å². The summed E-state index contributed by atoms with van der Waals surface area (Å²) >= 11 is 6.62. The van der Waals surface area contributed by atoms with Crippen LogP contribution in [-0.4, -0.2) is 98.4 Å². The van der Waals surface area contributed by atoms with Crippen molar-refractivity contribution >= 4 is 28.5 Å². The van der Waals surface area contributed by atoms with Gasteiger partial charge in [-0.1, -0.05) is 23.7 Å². The summed E-state index contributed by atoms with van der Waals surface area (Å²) in [5.74, 6) is 1.34. The molecule has 2 aromatic carbocycles. The Morgan fingerprint density at radius 2 is 1.74 bits per heavy atom. The number of carbonyl (C=O) groups excluding carboxylic acids is 1. The van der Waals surface area contributed by atoms with E-state index in [1.807, 2.05) is 57.2 Å². The van der Waals surface area contributed by atoms with Crippen LogP contribution in [0, 0.1) is 5.92 Å². The molecule has 1 aromatic heterocycles. The number of aromatic nitrogens is 1. The summed E-state index contributed by atoms with van der Waals surface area (Å²) in [7, 11) is 0. The number of hydrogen-bond acceptors (Lipinski definition) is 7. The van der Waals surface area contributed by atoms with Gasteiger partial charge >= 0.3 is 5.97 Å². The summed E-state index contributed by atoms with van der Waals surface area (Å²) in [5, 5.41) is 8.39. The lowest BCUT2D eigenvalue weighted by Crippen LogP contribution is -2.49. The van der Waals surface area contributed by atoms with E-state index in [0.717, 1.165) is 53.3 Å². The lowest BCUT2D eigenvalue weighted by Gasteiger charge is -2.37. The number of H-pyrrole nitrogens is 1. The molecular weight excluding hydrogens is 550 g/mol. The van der Waals surface area contributed by atoms with Gasteiger partial charge in [-0.05, 0) is 82.4 Å². The van der Waals surface area contributed by atoms with Gasteiger partial charge in [-0.25, -0.2) is 4.79 Å². The zero-order valence-corrected chi connectivity index (χ0v) is 26.1. The van der Waals surface area contributed by atoms with Gasteiger partial charge in [-0.2, -0.15) is 0 Å². The van der Waals surface area contributed by atoms with Crippen molar-refractivity contribution in [3.63, 3.8) is 0 Å². The van der Waals surface area contributed by atoms with Gasteiger partial charge in [0.25, 0.3) is 0 Å². The molecule has 5 rings (SSSR count). The first kappa shape index (κ1) is 30.8. The van der Waals surface area contributed by atoms with Crippen molar-refractivity contribution in [2.75, 3.05) is 72.1 Å². The van der Waals surface area contributed by atoms with Crippen LogP contribution in [0.2, 0.25) is 5.02 Å². The second-order valence-electron chi connectivity index (χ2n) is 12.5. The van der Waals surface area contributed by atoms with E-state index in [1.54, 1.807) is 6.20 Å². The first-order chi connectivity index (χ1) is 20.2. The number of carbonyl (C=O) groups is 1. The van der Waals surface area contributed by atoms with Crippen LogP contribution in [0.25, 0.3) is 22.0 Å². The molecule has 3 aromatic rings. The minimum atomic E-state index is -0.566. The number of ether oxygens (including phenoxy) is 2. The topological polar surface area (TPSA) is 81.9 Å². The predicted octanol–water partition coefficient (Wildman–Crippen LogP) is 5.03. The fraction of sp³-hybridized carbons (Fsp3) is 0.545. The Bertz CT molecular complexity index is 1310. The van der Waals surface area contributed by atoms with Gasteiger partial charge in [0.15, 0.2) is 0 Å². The first-order valence-electron chi connectivity index (χ1n) is 15.4. The molecule has 0 unspecified atom stereocenters. The molecule has 3 heterocycles. The van der Waals surface area contributed by atoms with Crippen LogP contribution in [0.15, 0.2) is 42.6 Å². The van der Waals surface area contributed by atoms with Crippen molar-refractivity contribution in [1.29, 1.82) is 0 Å². The van der Waals surface area contributed by atoms with Crippen molar-refractivity contribution in [3.05, 3.63) is 53.2 Å². The summed E-state index contributed by atoms with van der Waals surface area (Å²) in [6.45, 7) is 17.4. The number of hydrogen-bond donors (Lipinski definition) is 3. The van der Waals surface area contributed by atoms with E-state index < -0.39 is 5.60 Å². The number of esters is 1. The Labute approximate surface area is 255 Å². The van der Waals surface area contributed by atoms with E-state index >= 15 is 0 Å². The average molecular weight is 596 g/mol. The molecule has 0 aliphatic carbocycles. The zero-order valence-electron chi connectivity index (χ0n) is 25.3. The second-order valence-corrected chi connectivity index (χ2v) is 12.9. The van der Waals surface area contributed by atoms with Crippen LogP contribution < -0.4 is 15.4 Å². The molecule has 0 radical (unpaired) electrons. The minimum absolute atomic E-state index is 0.357. The number of rotatable bonds is 11. The first-order valence-corrected chi connectivity index (χ1v) is 15.8. The third kappa shape index (κ3) is 8.48. The molecule has 2 aliphatic rings. The zero-order chi connectivity index (χ0) is 29.5. The van der Waals surface area contributed by atoms with Gasteiger partial charge in [-0.3, -0.25) is 4.90 Å². The van der Waals surface area contributed by atoms with Crippen LogP contribution in [0.4, 0.5) is 0 Å². The van der Waals surface area contributed by atoms with Gasteiger partial charge < -0.3 is 30.0 Å². The summed E-state index contributed by atoms with van der Waals surface area (Å²) in [4.78, 5) is 21.1. The molecule has 0 amide bonds. The smallest absolute Gasteiger partial charge is 0.340 e. The lowest BCUT2D eigenvalue weighted by atomic mass is 9.97. The molecule has 8 nitrogen and oxygen atoms in total. The molecule has 0 saturated carbocycles. The van der Waals surface area contributed by atoms with Gasteiger partial charge in [-0.15, -0.1) is 0 Å². The minimum Gasteiger partial charge on any atom is -0.492 e. The molecule has 9 heteroatoms. The highest BCUT2D eigenvalue weighted by molar-refractivity contribution is 6.34. The highest BCUT2D eigenvalue weighted by atomic mass is 35.5. The maximum absolute atomic E-state index is 12.7. The van der Waals surface area contributed by atoms with Crippen LogP contribution in [0.3, 0.4) is 0 Å². The molecule has 2 aliphatic heterocycles. The molecule has 0 atom stereocenters. The van der Waals surface area contributed by atoms with Crippen molar-refractivity contribution < 1.29 is 14.3 Å². The number of nitrogens with zero attached hydrogens (tertiary/aromatic N) is 2. The molecular formula is C33H46ClN5O3. The van der Waals surface area contributed by atoms with Crippen LogP contribution in [0.1, 0.15) is 44.0 Å². The SMILES string of the molecule is CC(C)(C)OC(=O)c1c[nH]c2cc(Cl)c(-c3ccc(OCCNCCN4CCN(CC5CCNCC5)CC4)cc3)cc12. The van der Waals surface area contributed by atoms with Crippen molar-refractivity contribution in [2.24, 2.45) is 5.92 Å². The Balaban J connectivity index is 1.04. The monoisotopic (exact) mass is 595 g/mol. The van der Waals surface area contributed by atoms with Crippen LogP contribution >= 0.6 is 11.6 Å². The third-order valence-electron chi connectivity index (χ3n) is 8.15. The summed E-state index contributed by atoms with van der Waals surface area (Å²) in [6.07, 6.45) is 4.33. The molecule has 0 bridgehead atoms. The Morgan fingerprint density at radius 3 is 2.45 bits per heavy atom. The fourth-order valence-corrected chi connectivity index (χ4v) is 6.10. The van der Waals surface area contributed by atoms with Crippen LogP contribution in [-0.2, 0) is 4.74 Å². The molecule has 2 fully saturated rings. The van der Waals surface area contributed by atoms with E-state index in [4.69, 9.17) is 21.1 Å². The van der Waals surface area contributed by atoms with E-state index in [2.05, 4.69) is 25.4 Å². The average Bonchev–Trinajstić information content (AvgIpc) is 3.38. The van der Waals surface area contributed by atoms with Gasteiger partial charge in [0.1, 0.15) is 18.0 Å². The van der Waals surface area contributed by atoms with E-state index in [-0.39, 0.29) is 5.97 Å². The lowest BCUT2D eigenvalue weighted by molar-refractivity contribution is 0.00719. The van der Waals surface area contributed by atoms with E-state index in [0.29, 0.717) is 17.2 Å². The fourth-order valence-electron chi connectivity index (χ4n) is 5.83. The highest BCUT2D eigenvalue weighted by Crippen LogP contribution is 2.34. The maximum Gasteiger partial charge on any atom is 0.340 e. The number of nitrogens with one attached hydrogen (secondary N) is 3. The highest BCUT2D eigenvalue weighted by Gasteiger charge is 2.22. The third-order valence-corrected chi connectivity index (χ3v) is 8.46. The molecule has 42 heavy (non-hydrogen) atoms. The normalized spacial score (nSPS) is 17.5. The van der Waals surface area contributed by atoms with Gasteiger partial charge in [0, 0.05) is 75.0 Å². The largest absolute Gasteiger partial charge is 0.492 e. The van der Waals surface area contributed by atoms with E-state index in [1.165, 1.54) is 58.7 Å². The number of piperidine rings is 1. The quantitative estimate of drug-likeness (QED) is 0.212. The van der Waals surface area contributed by atoms with Gasteiger partial charge in [0.2, 0.25) is 0 Å². The summed E-state index contributed by atoms with van der Waals surface area (Å²) < 4.78 is 11.6. The molecule has 2 saturated heterocycles. The Hall–Kier alpha value is -2.62. The molecule has 228 valence electrons. The Kier molecular flexibility index (Phi) is 10.4. The second kappa shape index (κ2) is 14.2. The number of aromatic amines is 1. The molecule has 0 spiro atoms. The van der Waals surface area contributed by atoms with Crippen molar-refractivity contribution in [3.8, 4) is 16.9 Å². The van der Waals surface area contributed by atoms with Crippen molar-refractivity contribution in [2.45, 2.75) is 39.2 Å². The number of fused-ring (bicyclic) bond motifs is 1. The maximum atomic E-state index is 12.7. The summed E-state index contributed by atoms with van der Waals surface area (Å²) in [6, 6.07) is 11.7. The number of halogens is 1. The number of piperazine rings is 1. The Morgan fingerprint density at radius 1 is 1.02 bits per heavy atom. The standard InChI is InChI=1S/C33H46ClN5O3/c1-33(2,3)42-32(40)29-22-37-31-21-30(34)27(20-28(29)31)25-4-6-26(7-5-25)41-19-13-36-12-14-38-15-17-39(18-16-38)23-24-8-10-35-11-9-24/h4-7,20-22,24,35-37H,8-19,23H2,1-3H3. The van der Waals surface area contributed by atoms with E-state index in [9.17, 15) is 4.79 Å². The molecule has 3 N–H and O–H groups in total. The predicted molar refractivity (Wildman–Crippen MR) is 171 cm³/mol.